The molecule has 31 heavy (non-hydrogen) atoms. The molecule has 0 saturated carbocycles. The Morgan fingerprint density at radius 1 is 1.23 bits per heavy atom. The van der Waals surface area contributed by atoms with Gasteiger partial charge in [0.25, 0.3) is 0 Å². The number of hydrazine groups is 2. The summed E-state index contributed by atoms with van der Waals surface area (Å²) in [4.78, 5) is 27.6. The Balaban J connectivity index is 1.69. The first kappa shape index (κ1) is 23.9. The minimum absolute atomic E-state index is 0.0544. The lowest BCUT2D eigenvalue weighted by Crippen LogP contribution is -2.61. The van der Waals surface area contributed by atoms with E-state index in [9.17, 15) is 14.7 Å². The number of aliphatic hydroxyl groups is 1. The average Bonchev–Trinajstić information content (AvgIpc) is 3.21. The van der Waals surface area contributed by atoms with E-state index in [0.29, 0.717) is 24.5 Å². The Morgan fingerprint density at radius 3 is 2.45 bits per heavy atom. The molecule has 2 saturated heterocycles. The molecule has 0 aromatic heterocycles. The number of carbonyl (C=O) groups is 2. The van der Waals surface area contributed by atoms with E-state index in [1.165, 1.54) is 0 Å². The number of likely N-dealkylation sites (tertiary alicyclic amines) is 1. The van der Waals surface area contributed by atoms with E-state index in [0.717, 1.165) is 18.7 Å². The standard InChI is InChI=1S/C22H34ClN5O3/c1-15(2)19(25-18(29)13-28-12-10-24-26-28)20(30)27-11-9-22(31,21(3,4)14-27)16-5-7-17(23)8-6-16/h5-8,15,19,24,26,31H,9-14H2,1-4H3,(H,25,29)/t19-,22+/m1/s1. The monoisotopic (exact) mass is 451 g/mol. The van der Waals surface area contributed by atoms with E-state index in [-0.39, 0.29) is 24.3 Å². The van der Waals surface area contributed by atoms with Crippen LogP contribution in [0.2, 0.25) is 5.02 Å². The fourth-order valence-electron chi connectivity index (χ4n) is 4.41. The molecule has 0 unspecified atom stereocenters. The largest absolute Gasteiger partial charge is 0.384 e. The van der Waals surface area contributed by atoms with E-state index >= 15 is 0 Å². The molecule has 2 atom stereocenters. The van der Waals surface area contributed by atoms with Crippen LogP contribution in [0.25, 0.3) is 0 Å². The van der Waals surface area contributed by atoms with Crippen molar-refractivity contribution >= 4 is 23.4 Å². The van der Waals surface area contributed by atoms with Crippen molar-refractivity contribution in [1.29, 1.82) is 0 Å². The fraction of sp³-hybridized carbons (Fsp3) is 0.636. The van der Waals surface area contributed by atoms with E-state index in [2.05, 4.69) is 16.3 Å². The number of piperidine rings is 1. The number of halogens is 1. The SMILES string of the molecule is CC(C)[C@@H](NC(=O)CN1CCNN1)C(=O)N1CC[C@](O)(c2ccc(Cl)cc2)C(C)(C)C1. The third kappa shape index (κ3) is 5.21. The predicted octanol–water partition coefficient (Wildman–Crippen LogP) is 1.25. The molecular formula is C22H34ClN5O3. The highest BCUT2D eigenvalue weighted by atomic mass is 35.5. The summed E-state index contributed by atoms with van der Waals surface area (Å²) in [6.45, 7) is 10.3. The van der Waals surface area contributed by atoms with Crippen LogP contribution in [0.5, 0.6) is 0 Å². The lowest BCUT2D eigenvalue weighted by atomic mass is 9.66. The van der Waals surface area contributed by atoms with Crippen LogP contribution in [0.1, 0.15) is 39.7 Å². The molecule has 1 aromatic carbocycles. The zero-order chi connectivity index (χ0) is 22.8. The zero-order valence-corrected chi connectivity index (χ0v) is 19.5. The highest BCUT2D eigenvalue weighted by Gasteiger charge is 2.50. The van der Waals surface area contributed by atoms with Crippen LogP contribution < -0.4 is 16.3 Å². The van der Waals surface area contributed by atoms with Crippen LogP contribution in [-0.2, 0) is 15.2 Å². The molecule has 1 aromatic rings. The van der Waals surface area contributed by atoms with Crippen molar-refractivity contribution in [3.63, 3.8) is 0 Å². The van der Waals surface area contributed by atoms with Gasteiger partial charge in [0, 0.05) is 36.6 Å². The van der Waals surface area contributed by atoms with Crippen molar-refractivity contribution in [2.75, 3.05) is 32.7 Å². The van der Waals surface area contributed by atoms with Gasteiger partial charge in [0.1, 0.15) is 6.04 Å². The molecule has 2 aliphatic rings. The summed E-state index contributed by atoms with van der Waals surface area (Å²) in [5.41, 5.74) is 5.02. The Morgan fingerprint density at radius 2 is 1.90 bits per heavy atom. The first-order chi connectivity index (χ1) is 14.5. The van der Waals surface area contributed by atoms with E-state index in [4.69, 9.17) is 11.6 Å². The van der Waals surface area contributed by atoms with Crippen LogP contribution in [0.15, 0.2) is 24.3 Å². The van der Waals surface area contributed by atoms with Gasteiger partial charge in [-0.3, -0.25) is 9.59 Å². The molecule has 2 fully saturated rings. The molecule has 0 aliphatic carbocycles. The van der Waals surface area contributed by atoms with Crippen molar-refractivity contribution in [1.82, 2.24) is 26.2 Å². The summed E-state index contributed by atoms with van der Waals surface area (Å²) in [6, 6.07) is 6.63. The van der Waals surface area contributed by atoms with Gasteiger partial charge in [-0.25, -0.2) is 10.4 Å². The van der Waals surface area contributed by atoms with E-state index < -0.39 is 17.1 Å². The smallest absolute Gasteiger partial charge is 0.245 e. The number of nitrogens with one attached hydrogen (secondary N) is 3. The van der Waals surface area contributed by atoms with Crippen LogP contribution in [0, 0.1) is 11.3 Å². The van der Waals surface area contributed by atoms with Gasteiger partial charge >= 0.3 is 0 Å². The van der Waals surface area contributed by atoms with Crippen molar-refractivity contribution in [3.05, 3.63) is 34.9 Å². The zero-order valence-electron chi connectivity index (χ0n) is 18.7. The van der Waals surface area contributed by atoms with E-state index in [1.54, 1.807) is 22.0 Å². The maximum absolute atomic E-state index is 13.4. The van der Waals surface area contributed by atoms with Crippen LogP contribution in [-0.4, -0.2) is 65.6 Å². The molecule has 0 bridgehead atoms. The molecule has 0 spiro atoms. The highest BCUT2D eigenvalue weighted by Crippen LogP contribution is 2.46. The summed E-state index contributed by atoms with van der Waals surface area (Å²) in [5.74, 6) is -0.361. The number of hydrogen-bond donors (Lipinski definition) is 4. The van der Waals surface area contributed by atoms with Gasteiger partial charge in [0.15, 0.2) is 0 Å². The Kier molecular flexibility index (Phi) is 7.28. The topological polar surface area (TPSA) is 96.9 Å². The number of carbonyl (C=O) groups excluding carboxylic acids is 2. The molecular weight excluding hydrogens is 418 g/mol. The average molecular weight is 452 g/mol. The molecule has 172 valence electrons. The van der Waals surface area contributed by atoms with Gasteiger partial charge in [-0.05, 0) is 30.0 Å². The normalized spacial score (nSPS) is 24.9. The van der Waals surface area contributed by atoms with Gasteiger partial charge in [-0.2, -0.15) is 5.53 Å². The molecule has 8 nitrogen and oxygen atoms in total. The molecule has 2 heterocycles. The molecule has 4 N–H and O–H groups in total. The second-order valence-electron chi connectivity index (χ2n) is 9.51. The molecule has 2 aliphatic heterocycles. The maximum atomic E-state index is 13.4. The Hall–Kier alpha value is -1.71. The number of rotatable bonds is 6. The summed E-state index contributed by atoms with van der Waals surface area (Å²) in [5, 5.41) is 16.8. The second-order valence-corrected chi connectivity index (χ2v) is 9.95. The van der Waals surface area contributed by atoms with Crippen molar-refractivity contribution < 1.29 is 14.7 Å². The molecule has 9 heteroatoms. The summed E-state index contributed by atoms with van der Waals surface area (Å²) < 4.78 is 0. The third-order valence-electron chi connectivity index (χ3n) is 6.41. The van der Waals surface area contributed by atoms with Gasteiger partial charge in [-0.15, -0.1) is 0 Å². The van der Waals surface area contributed by atoms with Crippen LogP contribution in [0.4, 0.5) is 0 Å². The first-order valence-electron chi connectivity index (χ1n) is 10.8. The number of benzene rings is 1. The highest BCUT2D eigenvalue weighted by molar-refractivity contribution is 6.30. The quantitative estimate of drug-likeness (QED) is 0.520. The van der Waals surface area contributed by atoms with E-state index in [1.807, 2.05) is 39.8 Å². The summed E-state index contributed by atoms with van der Waals surface area (Å²) in [6.07, 6.45) is 0.412. The second kappa shape index (κ2) is 9.42. The van der Waals surface area contributed by atoms with Gasteiger partial charge in [0.05, 0.1) is 12.1 Å². The fourth-order valence-corrected chi connectivity index (χ4v) is 4.53. The number of nitrogens with zero attached hydrogens (tertiary/aromatic N) is 2. The minimum Gasteiger partial charge on any atom is -0.384 e. The number of hydrogen-bond acceptors (Lipinski definition) is 6. The Bertz CT molecular complexity index is 795. The minimum atomic E-state index is -1.07. The summed E-state index contributed by atoms with van der Waals surface area (Å²) in [7, 11) is 0. The number of amides is 2. The molecule has 2 amide bonds. The van der Waals surface area contributed by atoms with Crippen molar-refractivity contribution in [2.45, 2.75) is 45.8 Å². The third-order valence-corrected chi connectivity index (χ3v) is 6.66. The Labute approximate surface area is 189 Å². The van der Waals surface area contributed by atoms with Gasteiger partial charge in [-0.1, -0.05) is 51.4 Å². The lowest BCUT2D eigenvalue weighted by Gasteiger charge is -2.51. The predicted molar refractivity (Wildman–Crippen MR) is 120 cm³/mol. The van der Waals surface area contributed by atoms with Crippen molar-refractivity contribution in [3.8, 4) is 0 Å². The summed E-state index contributed by atoms with van der Waals surface area (Å²) >= 11 is 6.01. The van der Waals surface area contributed by atoms with Crippen LogP contribution in [0.3, 0.4) is 0 Å². The molecule has 3 rings (SSSR count). The molecule has 0 radical (unpaired) electrons. The maximum Gasteiger partial charge on any atom is 0.245 e. The van der Waals surface area contributed by atoms with Gasteiger partial charge < -0.3 is 15.3 Å². The van der Waals surface area contributed by atoms with Crippen molar-refractivity contribution in [2.24, 2.45) is 11.3 Å². The van der Waals surface area contributed by atoms with Crippen LogP contribution >= 0.6 is 11.6 Å². The van der Waals surface area contributed by atoms with Gasteiger partial charge in [0.2, 0.25) is 11.8 Å². The first-order valence-corrected chi connectivity index (χ1v) is 11.2. The lowest BCUT2D eigenvalue weighted by molar-refractivity contribution is -0.156.